The average Bonchev–Trinajstić information content (AvgIpc) is 3.62. The number of para-hydroxylation sites is 2. The van der Waals surface area contributed by atoms with Crippen molar-refractivity contribution in [2.24, 2.45) is 5.92 Å². The summed E-state index contributed by atoms with van der Waals surface area (Å²) in [6.07, 6.45) is 14.7. The van der Waals surface area contributed by atoms with Crippen LogP contribution in [0.25, 0.3) is 78.4 Å². The number of aromatic nitrogens is 4. The molecule has 2 aromatic heterocycles. The van der Waals surface area contributed by atoms with Crippen LogP contribution < -0.4 is 0 Å². The number of hydrogen-bond donors (Lipinski definition) is 0. The van der Waals surface area contributed by atoms with E-state index >= 15 is 0 Å². The molecule has 4 heteroatoms. The number of benzene rings is 6. The highest BCUT2D eigenvalue weighted by Gasteiger charge is 2.22. The summed E-state index contributed by atoms with van der Waals surface area (Å²) in [4.78, 5) is 15.8. The second-order valence-corrected chi connectivity index (χ2v) is 14.8. The topological polar surface area (TPSA) is 43.6 Å². The molecular weight excluding hydrogens is 681 g/mol. The molecule has 2 aliphatic carbocycles. The van der Waals surface area contributed by atoms with E-state index in [1.54, 1.807) is 0 Å². The van der Waals surface area contributed by atoms with Gasteiger partial charge in [0.1, 0.15) is 0 Å². The van der Waals surface area contributed by atoms with E-state index in [0.717, 1.165) is 57.9 Å². The number of rotatable bonds is 7. The molecule has 0 saturated carbocycles. The quantitative estimate of drug-likeness (QED) is 0.165. The van der Waals surface area contributed by atoms with Crippen molar-refractivity contribution in [2.45, 2.75) is 26.2 Å². The van der Waals surface area contributed by atoms with E-state index < -0.39 is 0 Å². The zero-order valence-corrected chi connectivity index (χ0v) is 31.3. The van der Waals surface area contributed by atoms with Gasteiger partial charge >= 0.3 is 0 Å². The SMILES string of the molecule is CC1C=CC(c2ccc(-c3nc(-c4ccc(-c5ccccc5)cc4)nc(-n4c5ccccc5c5cccc(C6=CCCC(c7ccccc7)=C6)c54)n3)cc2)=CC1. The second kappa shape index (κ2) is 14.4. The summed E-state index contributed by atoms with van der Waals surface area (Å²) in [5.41, 5.74) is 13.8. The van der Waals surface area contributed by atoms with E-state index in [-0.39, 0.29) is 0 Å². The molecular formula is C52H40N4. The van der Waals surface area contributed by atoms with Crippen molar-refractivity contribution in [3.05, 3.63) is 199 Å². The Morgan fingerprint density at radius 3 is 1.82 bits per heavy atom. The molecule has 2 aliphatic rings. The Kier molecular flexibility index (Phi) is 8.64. The van der Waals surface area contributed by atoms with Crippen LogP contribution in [0.15, 0.2) is 182 Å². The molecule has 0 N–H and O–H groups in total. The summed E-state index contributed by atoms with van der Waals surface area (Å²) in [6, 6.07) is 53.7. The molecule has 8 aromatic rings. The standard InChI is InChI=1S/C52H40N4/c1-35-22-24-38(25-23-35)40-28-32-42(33-29-40)51-53-50(41-30-26-39(27-31-41)36-12-4-2-5-13-36)54-52(55-51)56-48-21-9-8-18-46(48)47-20-11-19-45(49(47)56)44-17-10-16-43(34-44)37-14-6-3-7-15-37/h2-9,11-15,17-22,24-35H,10,16,23H2,1H3. The van der Waals surface area contributed by atoms with Gasteiger partial charge in [0.25, 0.3) is 0 Å². The Balaban J connectivity index is 1.16. The molecule has 0 saturated heterocycles. The molecule has 56 heavy (non-hydrogen) atoms. The highest BCUT2D eigenvalue weighted by molar-refractivity contribution is 6.13. The van der Waals surface area contributed by atoms with E-state index in [0.29, 0.717) is 23.5 Å². The lowest BCUT2D eigenvalue weighted by Gasteiger charge is -2.17. The fraction of sp³-hybridized carbons (Fsp3) is 0.0962. The van der Waals surface area contributed by atoms with Crippen molar-refractivity contribution in [1.29, 1.82) is 0 Å². The van der Waals surface area contributed by atoms with Crippen molar-refractivity contribution in [1.82, 2.24) is 19.5 Å². The van der Waals surface area contributed by atoms with Crippen LogP contribution in [0.5, 0.6) is 0 Å². The Labute approximate surface area is 327 Å². The maximum atomic E-state index is 5.32. The third-order valence-corrected chi connectivity index (χ3v) is 11.1. The number of fused-ring (bicyclic) bond motifs is 3. The molecule has 0 amide bonds. The van der Waals surface area contributed by atoms with Crippen molar-refractivity contribution in [2.75, 3.05) is 0 Å². The summed E-state index contributed by atoms with van der Waals surface area (Å²) in [7, 11) is 0. The van der Waals surface area contributed by atoms with Crippen LogP contribution in [0.1, 0.15) is 42.9 Å². The number of hydrogen-bond acceptors (Lipinski definition) is 3. The van der Waals surface area contributed by atoms with E-state index in [1.165, 1.54) is 38.8 Å². The maximum absolute atomic E-state index is 5.32. The lowest BCUT2D eigenvalue weighted by molar-refractivity contribution is 0.739. The largest absolute Gasteiger partial charge is 0.277 e. The Hall–Kier alpha value is -6.91. The zero-order valence-electron chi connectivity index (χ0n) is 31.3. The highest BCUT2D eigenvalue weighted by Crippen LogP contribution is 2.39. The van der Waals surface area contributed by atoms with Crippen LogP contribution in [-0.4, -0.2) is 19.5 Å². The maximum Gasteiger partial charge on any atom is 0.238 e. The summed E-state index contributed by atoms with van der Waals surface area (Å²) in [6.45, 7) is 2.25. The molecule has 1 atom stereocenters. The summed E-state index contributed by atoms with van der Waals surface area (Å²) in [5, 5.41) is 2.33. The lowest BCUT2D eigenvalue weighted by atomic mass is 9.90. The first-order chi connectivity index (χ1) is 27.7. The Morgan fingerprint density at radius 2 is 1.12 bits per heavy atom. The van der Waals surface area contributed by atoms with E-state index in [1.807, 2.05) is 6.07 Å². The van der Waals surface area contributed by atoms with E-state index in [2.05, 4.69) is 187 Å². The molecule has 10 rings (SSSR count). The second-order valence-electron chi connectivity index (χ2n) is 14.8. The van der Waals surface area contributed by atoms with Crippen LogP contribution in [-0.2, 0) is 0 Å². The van der Waals surface area contributed by atoms with Crippen LogP contribution >= 0.6 is 0 Å². The molecule has 0 radical (unpaired) electrons. The van der Waals surface area contributed by atoms with Crippen LogP contribution in [0.2, 0.25) is 0 Å². The summed E-state index contributed by atoms with van der Waals surface area (Å²) in [5.74, 6) is 2.43. The Bertz CT molecular complexity index is 2860. The first-order valence-electron chi connectivity index (χ1n) is 19.6. The van der Waals surface area contributed by atoms with Gasteiger partial charge < -0.3 is 0 Å². The highest BCUT2D eigenvalue weighted by atomic mass is 15.2. The summed E-state index contributed by atoms with van der Waals surface area (Å²) < 4.78 is 2.26. The van der Waals surface area contributed by atoms with Gasteiger partial charge in [-0.1, -0.05) is 183 Å². The minimum atomic E-state index is 0.569. The normalized spacial score (nSPS) is 15.4. The molecule has 4 nitrogen and oxygen atoms in total. The van der Waals surface area contributed by atoms with Gasteiger partial charge in [-0.05, 0) is 70.2 Å². The first-order valence-corrected chi connectivity index (χ1v) is 19.6. The van der Waals surface area contributed by atoms with Gasteiger partial charge in [-0.3, -0.25) is 4.57 Å². The predicted molar refractivity (Wildman–Crippen MR) is 233 cm³/mol. The van der Waals surface area contributed by atoms with Gasteiger partial charge in [-0.2, -0.15) is 9.97 Å². The van der Waals surface area contributed by atoms with Gasteiger partial charge in [0.2, 0.25) is 5.95 Å². The molecule has 0 bridgehead atoms. The van der Waals surface area contributed by atoms with Crippen molar-refractivity contribution in [3.8, 4) is 39.9 Å². The molecule has 6 aromatic carbocycles. The molecule has 268 valence electrons. The van der Waals surface area contributed by atoms with Crippen LogP contribution in [0.3, 0.4) is 0 Å². The van der Waals surface area contributed by atoms with Gasteiger partial charge in [-0.15, -0.1) is 0 Å². The van der Waals surface area contributed by atoms with E-state index in [9.17, 15) is 0 Å². The Morgan fingerprint density at radius 1 is 0.518 bits per heavy atom. The number of allylic oxidation sites excluding steroid dienone is 8. The lowest BCUT2D eigenvalue weighted by Crippen LogP contribution is -2.07. The molecule has 0 aliphatic heterocycles. The van der Waals surface area contributed by atoms with Crippen molar-refractivity contribution < 1.29 is 0 Å². The minimum absolute atomic E-state index is 0.569. The van der Waals surface area contributed by atoms with Crippen molar-refractivity contribution >= 4 is 38.5 Å². The monoisotopic (exact) mass is 720 g/mol. The summed E-state index contributed by atoms with van der Waals surface area (Å²) >= 11 is 0. The molecule has 0 fully saturated rings. The fourth-order valence-corrected chi connectivity index (χ4v) is 8.15. The van der Waals surface area contributed by atoms with Gasteiger partial charge in [0.15, 0.2) is 11.6 Å². The van der Waals surface area contributed by atoms with Crippen LogP contribution in [0.4, 0.5) is 0 Å². The third kappa shape index (κ3) is 6.29. The fourth-order valence-electron chi connectivity index (χ4n) is 8.15. The van der Waals surface area contributed by atoms with Crippen LogP contribution in [0, 0.1) is 5.92 Å². The molecule has 1 unspecified atom stereocenters. The van der Waals surface area contributed by atoms with Gasteiger partial charge in [0.05, 0.1) is 11.0 Å². The van der Waals surface area contributed by atoms with Gasteiger partial charge in [0, 0.05) is 27.5 Å². The number of nitrogens with zero attached hydrogens (tertiary/aromatic N) is 4. The molecule has 2 heterocycles. The first kappa shape index (κ1) is 33.6. The smallest absolute Gasteiger partial charge is 0.238 e. The van der Waals surface area contributed by atoms with E-state index in [4.69, 9.17) is 15.0 Å². The van der Waals surface area contributed by atoms with Gasteiger partial charge in [-0.25, -0.2) is 4.98 Å². The predicted octanol–water partition coefficient (Wildman–Crippen LogP) is 13.2. The zero-order chi connectivity index (χ0) is 37.4. The third-order valence-electron chi connectivity index (χ3n) is 11.1. The minimum Gasteiger partial charge on any atom is -0.277 e. The van der Waals surface area contributed by atoms with Crippen molar-refractivity contribution in [3.63, 3.8) is 0 Å². The molecule has 0 spiro atoms. The average molecular weight is 721 g/mol.